The number of alkyl halides is 1. The molecular formula is C12H14Cl2O2. The Kier molecular flexibility index (Phi) is 5.64. The van der Waals surface area contributed by atoms with Crippen LogP contribution in [-0.2, 0) is 0 Å². The van der Waals surface area contributed by atoms with Gasteiger partial charge in [0, 0.05) is 17.9 Å². The summed E-state index contributed by atoms with van der Waals surface area (Å²) in [5.74, 6) is 0.940. The lowest BCUT2D eigenvalue weighted by atomic mass is 10.1. The minimum atomic E-state index is -0.000980. The second kappa shape index (κ2) is 6.77. The van der Waals surface area contributed by atoms with Crippen LogP contribution >= 0.6 is 23.2 Å². The van der Waals surface area contributed by atoms with E-state index in [-0.39, 0.29) is 5.78 Å². The molecule has 0 bridgehead atoms. The zero-order chi connectivity index (χ0) is 12.0. The van der Waals surface area contributed by atoms with E-state index < -0.39 is 0 Å². The largest absolute Gasteiger partial charge is 0.492 e. The number of hydrogen-bond donors (Lipinski definition) is 0. The van der Waals surface area contributed by atoms with Crippen LogP contribution in [0.2, 0.25) is 5.02 Å². The van der Waals surface area contributed by atoms with Crippen molar-refractivity contribution in [1.82, 2.24) is 0 Å². The molecule has 0 saturated heterocycles. The molecule has 0 fully saturated rings. The van der Waals surface area contributed by atoms with Gasteiger partial charge in [0.25, 0.3) is 0 Å². The SMILES string of the molecule is CCCOc1ccc(C(=O)CCCl)cc1Cl. The Labute approximate surface area is 106 Å². The van der Waals surface area contributed by atoms with Crippen LogP contribution in [0, 0.1) is 0 Å². The second-order valence-corrected chi connectivity index (χ2v) is 4.14. The van der Waals surface area contributed by atoms with Gasteiger partial charge < -0.3 is 4.74 Å². The normalized spacial score (nSPS) is 10.2. The van der Waals surface area contributed by atoms with E-state index in [1.165, 1.54) is 0 Å². The molecule has 4 heteroatoms. The lowest BCUT2D eigenvalue weighted by molar-refractivity contribution is 0.0989. The van der Waals surface area contributed by atoms with Crippen molar-refractivity contribution in [3.8, 4) is 5.75 Å². The van der Waals surface area contributed by atoms with Crippen molar-refractivity contribution in [1.29, 1.82) is 0 Å². The molecular weight excluding hydrogens is 247 g/mol. The Morgan fingerprint density at radius 1 is 1.44 bits per heavy atom. The van der Waals surface area contributed by atoms with Crippen LogP contribution in [0.15, 0.2) is 18.2 Å². The summed E-state index contributed by atoms with van der Waals surface area (Å²) >= 11 is 11.5. The molecule has 16 heavy (non-hydrogen) atoms. The average molecular weight is 261 g/mol. The minimum Gasteiger partial charge on any atom is -0.492 e. The zero-order valence-corrected chi connectivity index (χ0v) is 10.6. The highest BCUT2D eigenvalue weighted by Crippen LogP contribution is 2.26. The Bertz CT molecular complexity index is 364. The third kappa shape index (κ3) is 3.69. The van der Waals surface area contributed by atoms with Gasteiger partial charge in [0.1, 0.15) is 5.75 Å². The molecule has 88 valence electrons. The van der Waals surface area contributed by atoms with E-state index >= 15 is 0 Å². The fraction of sp³-hybridized carbons (Fsp3) is 0.417. The van der Waals surface area contributed by atoms with Gasteiger partial charge in [-0.15, -0.1) is 11.6 Å². The van der Waals surface area contributed by atoms with Crippen LogP contribution in [0.4, 0.5) is 0 Å². The fourth-order valence-electron chi connectivity index (χ4n) is 1.23. The van der Waals surface area contributed by atoms with Gasteiger partial charge in [-0.05, 0) is 24.6 Å². The zero-order valence-electron chi connectivity index (χ0n) is 9.13. The summed E-state index contributed by atoms with van der Waals surface area (Å²) < 4.78 is 5.41. The van der Waals surface area contributed by atoms with Crippen molar-refractivity contribution in [2.24, 2.45) is 0 Å². The lowest BCUT2D eigenvalue weighted by Gasteiger charge is -2.07. The molecule has 0 radical (unpaired) electrons. The second-order valence-electron chi connectivity index (χ2n) is 3.36. The van der Waals surface area contributed by atoms with Gasteiger partial charge >= 0.3 is 0 Å². The summed E-state index contributed by atoms with van der Waals surface area (Å²) in [4.78, 5) is 11.5. The van der Waals surface area contributed by atoms with Crippen molar-refractivity contribution in [3.63, 3.8) is 0 Å². The van der Waals surface area contributed by atoms with Crippen LogP contribution < -0.4 is 4.74 Å². The molecule has 2 nitrogen and oxygen atoms in total. The Morgan fingerprint density at radius 3 is 2.75 bits per heavy atom. The van der Waals surface area contributed by atoms with Gasteiger partial charge in [0.05, 0.1) is 11.6 Å². The van der Waals surface area contributed by atoms with Crippen molar-refractivity contribution in [2.75, 3.05) is 12.5 Å². The number of rotatable bonds is 6. The predicted octanol–water partition coefficient (Wildman–Crippen LogP) is 3.94. The highest BCUT2D eigenvalue weighted by atomic mass is 35.5. The first kappa shape index (κ1) is 13.3. The number of ether oxygens (including phenoxy) is 1. The third-order valence-corrected chi connectivity index (χ3v) is 2.52. The summed E-state index contributed by atoms with van der Waals surface area (Å²) in [6, 6.07) is 5.06. The van der Waals surface area contributed by atoms with E-state index in [4.69, 9.17) is 27.9 Å². The number of Topliss-reactive ketones (excluding diaryl/α,β-unsaturated/α-hetero) is 1. The van der Waals surface area contributed by atoms with Crippen molar-refractivity contribution < 1.29 is 9.53 Å². The maximum absolute atomic E-state index is 11.5. The molecule has 0 saturated carbocycles. The quantitative estimate of drug-likeness (QED) is 0.572. The van der Waals surface area contributed by atoms with E-state index in [2.05, 4.69) is 0 Å². The molecule has 0 heterocycles. The van der Waals surface area contributed by atoms with Crippen LogP contribution in [0.5, 0.6) is 5.75 Å². The number of halogens is 2. The number of ketones is 1. The summed E-state index contributed by atoms with van der Waals surface area (Å²) in [6.45, 7) is 2.64. The fourth-order valence-corrected chi connectivity index (χ4v) is 1.64. The Hall–Kier alpha value is -0.730. The van der Waals surface area contributed by atoms with Gasteiger partial charge in [0.15, 0.2) is 5.78 Å². The molecule has 1 rings (SSSR count). The lowest BCUT2D eigenvalue weighted by Crippen LogP contribution is -2.01. The number of carbonyl (C=O) groups excluding carboxylic acids is 1. The molecule has 0 aromatic heterocycles. The number of hydrogen-bond acceptors (Lipinski definition) is 2. The molecule has 1 aromatic rings. The van der Waals surface area contributed by atoms with Crippen LogP contribution in [-0.4, -0.2) is 18.3 Å². The number of benzene rings is 1. The van der Waals surface area contributed by atoms with Gasteiger partial charge in [-0.1, -0.05) is 18.5 Å². The maximum Gasteiger partial charge on any atom is 0.164 e. The molecule has 1 aromatic carbocycles. The first-order valence-corrected chi connectivity index (χ1v) is 6.11. The average Bonchev–Trinajstić information content (AvgIpc) is 2.27. The van der Waals surface area contributed by atoms with Crippen molar-refractivity contribution in [2.45, 2.75) is 19.8 Å². The summed E-state index contributed by atoms with van der Waals surface area (Å²) in [5.41, 5.74) is 0.578. The molecule has 0 aliphatic rings. The highest BCUT2D eigenvalue weighted by molar-refractivity contribution is 6.32. The summed E-state index contributed by atoms with van der Waals surface area (Å²) in [7, 11) is 0. The van der Waals surface area contributed by atoms with Crippen molar-refractivity contribution >= 4 is 29.0 Å². The topological polar surface area (TPSA) is 26.3 Å². The molecule has 0 spiro atoms. The van der Waals surface area contributed by atoms with Gasteiger partial charge in [-0.3, -0.25) is 4.79 Å². The minimum absolute atomic E-state index is 0.000980. The van der Waals surface area contributed by atoms with E-state index in [0.717, 1.165) is 6.42 Å². The summed E-state index contributed by atoms with van der Waals surface area (Å²) in [5, 5.41) is 0.467. The third-order valence-electron chi connectivity index (χ3n) is 2.04. The van der Waals surface area contributed by atoms with Crippen molar-refractivity contribution in [3.05, 3.63) is 28.8 Å². The van der Waals surface area contributed by atoms with E-state index in [1.54, 1.807) is 18.2 Å². The highest BCUT2D eigenvalue weighted by Gasteiger charge is 2.08. The standard InChI is InChI=1S/C12H14Cl2O2/c1-2-7-16-12-4-3-9(8-10(12)14)11(15)5-6-13/h3-4,8H,2,5-7H2,1H3. The molecule has 0 atom stereocenters. The Balaban J connectivity index is 2.78. The van der Waals surface area contributed by atoms with Crippen LogP contribution in [0.3, 0.4) is 0 Å². The molecule has 0 unspecified atom stereocenters. The summed E-state index contributed by atoms with van der Waals surface area (Å²) in [6.07, 6.45) is 1.25. The van der Waals surface area contributed by atoms with Crippen LogP contribution in [0.1, 0.15) is 30.1 Å². The number of carbonyl (C=O) groups is 1. The van der Waals surface area contributed by atoms with E-state index in [9.17, 15) is 4.79 Å². The predicted molar refractivity (Wildman–Crippen MR) is 66.9 cm³/mol. The van der Waals surface area contributed by atoms with E-state index in [1.807, 2.05) is 6.92 Å². The molecule has 0 aliphatic heterocycles. The smallest absolute Gasteiger partial charge is 0.164 e. The molecule has 0 N–H and O–H groups in total. The van der Waals surface area contributed by atoms with Gasteiger partial charge in [-0.25, -0.2) is 0 Å². The first-order valence-electron chi connectivity index (χ1n) is 5.20. The van der Waals surface area contributed by atoms with Gasteiger partial charge in [-0.2, -0.15) is 0 Å². The van der Waals surface area contributed by atoms with Gasteiger partial charge in [0.2, 0.25) is 0 Å². The van der Waals surface area contributed by atoms with E-state index in [0.29, 0.717) is 35.2 Å². The Morgan fingerprint density at radius 2 is 2.19 bits per heavy atom. The maximum atomic E-state index is 11.5. The molecule has 0 amide bonds. The molecule has 0 aliphatic carbocycles. The monoisotopic (exact) mass is 260 g/mol. The van der Waals surface area contributed by atoms with Crippen LogP contribution in [0.25, 0.3) is 0 Å². The first-order chi connectivity index (χ1) is 7.69.